The van der Waals surface area contributed by atoms with Crippen LogP contribution in [-0.4, -0.2) is 28.0 Å². The molecule has 0 spiro atoms. The van der Waals surface area contributed by atoms with E-state index < -0.39 is 0 Å². The number of carbonyl (C=O) groups excluding carboxylic acids is 2. The van der Waals surface area contributed by atoms with Gasteiger partial charge in [-0.1, -0.05) is 0 Å². The summed E-state index contributed by atoms with van der Waals surface area (Å²) < 4.78 is 6.79. The Labute approximate surface area is 126 Å². The molecule has 2 rings (SSSR count). The Morgan fingerprint density at radius 3 is 2.81 bits per heavy atom. The van der Waals surface area contributed by atoms with Crippen LogP contribution in [-0.2, 0) is 16.1 Å². The van der Waals surface area contributed by atoms with Gasteiger partial charge >= 0.3 is 5.97 Å². The molecule has 2 heterocycles. The van der Waals surface area contributed by atoms with Crippen LogP contribution in [0.1, 0.15) is 28.7 Å². The molecule has 0 aliphatic heterocycles. The first-order valence-electron chi connectivity index (χ1n) is 6.56. The van der Waals surface area contributed by atoms with Crippen molar-refractivity contribution in [2.45, 2.75) is 27.3 Å². The Bertz CT molecular complexity index is 647. The molecular weight excluding hydrogens is 290 g/mol. The second-order valence-corrected chi connectivity index (χ2v) is 5.37. The average Bonchev–Trinajstić information content (AvgIpc) is 3.02. The number of hydrogen-bond acceptors (Lipinski definition) is 5. The highest BCUT2D eigenvalue weighted by atomic mass is 32.1. The minimum atomic E-state index is -0.364. The number of aryl methyl sites for hydroxylation is 1. The van der Waals surface area contributed by atoms with Crippen molar-refractivity contribution in [1.29, 1.82) is 0 Å². The van der Waals surface area contributed by atoms with E-state index in [2.05, 4.69) is 10.3 Å². The number of amides is 1. The van der Waals surface area contributed by atoms with E-state index in [0.717, 1.165) is 11.4 Å². The molecule has 0 bridgehead atoms. The minimum absolute atomic E-state index is 0.136. The summed E-state index contributed by atoms with van der Waals surface area (Å²) in [5.74, 6) is -0.542. The van der Waals surface area contributed by atoms with E-state index in [-0.39, 0.29) is 18.4 Å². The van der Waals surface area contributed by atoms with Gasteiger partial charge in [-0.3, -0.25) is 4.79 Å². The highest BCUT2D eigenvalue weighted by molar-refractivity contribution is 7.13. The van der Waals surface area contributed by atoms with Gasteiger partial charge in [-0.15, -0.1) is 11.3 Å². The van der Waals surface area contributed by atoms with Gasteiger partial charge in [-0.25, -0.2) is 9.78 Å². The number of anilines is 1. The first-order chi connectivity index (χ1) is 10.0. The first kappa shape index (κ1) is 15.2. The zero-order valence-corrected chi connectivity index (χ0v) is 13.0. The first-order valence-corrected chi connectivity index (χ1v) is 7.44. The van der Waals surface area contributed by atoms with Crippen molar-refractivity contribution in [2.24, 2.45) is 0 Å². The summed E-state index contributed by atoms with van der Waals surface area (Å²) in [4.78, 5) is 27.8. The third-order valence-electron chi connectivity index (χ3n) is 3.05. The van der Waals surface area contributed by atoms with Crippen LogP contribution in [0.25, 0.3) is 0 Å². The van der Waals surface area contributed by atoms with E-state index in [1.165, 1.54) is 11.3 Å². The number of ether oxygens (including phenoxy) is 1. The predicted octanol–water partition coefficient (Wildman–Crippen LogP) is 2.38. The quantitative estimate of drug-likeness (QED) is 0.861. The zero-order valence-electron chi connectivity index (χ0n) is 12.2. The Kier molecular flexibility index (Phi) is 4.74. The molecule has 2 aromatic rings. The van der Waals surface area contributed by atoms with Crippen molar-refractivity contribution in [2.75, 3.05) is 11.9 Å². The molecule has 112 valence electrons. The van der Waals surface area contributed by atoms with Crippen LogP contribution in [0, 0.1) is 13.8 Å². The van der Waals surface area contributed by atoms with E-state index in [1.807, 2.05) is 6.92 Å². The summed E-state index contributed by atoms with van der Waals surface area (Å²) in [6, 6.07) is 1.74. The monoisotopic (exact) mass is 307 g/mol. The lowest BCUT2D eigenvalue weighted by molar-refractivity contribution is -0.116. The topological polar surface area (TPSA) is 73.2 Å². The zero-order chi connectivity index (χ0) is 15.4. The van der Waals surface area contributed by atoms with Crippen LogP contribution in [0.15, 0.2) is 17.6 Å². The molecule has 0 fully saturated rings. The summed E-state index contributed by atoms with van der Waals surface area (Å²) in [6.45, 7) is 5.88. The Morgan fingerprint density at radius 2 is 2.19 bits per heavy atom. The maximum absolute atomic E-state index is 12.0. The second-order valence-electron chi connectivity index (χ2n) is 4.48. The van der Waals surface area contributed by atoms with Gasteiger partial charge in [0.15, 0.2) is 5.13 Å². The Balaban J connectivity index is 2.13. The number of carbonyl (C=O) groups is 2. The molecule has 0 aromatic carbocycles. The van der Waals surface area contributed by atoms with Gasteiger partial charge in [0.2, 0.25) is 5.91 Å². The number of nitrogens with zero attached hydrogens (tertiary/aromatic N) is 2. The van der Waals surface area contributed by atoms with E-state index in [1.54, 1.807) is 36.1 Å². The van der Waals surface area contributed by atoms with E-state index in [0.29, 0.717) is 17.3 Å². The lowest BCUT2D eigenvalue weighted by Gasteiger charge is -2.09. The van der Waals surface area contributed by atoms with Crippen LogP contribution in [0.4, 0.5) is 5.13 Å². The van der Waals surface area contributed by atoms with Gasteiger partial charge < -0.3 is 14.6 Å². The second kappa shape index (κ2) is 6.53. The average molecular weight is 307 g/mol. The minimum Gasteiger partial charge on any atom is -0.462 e. The molecule has 0 atom stereocenters. The van der Waals surface area contributed by atoms with Gasteiger partial charge in [0.1, 0.15) is 6.54 Å². The van der Waals surface area contributed by atoms with Crippen LogP contribution >= 0.6 is 11.3 Å². The van der Waals surface area contributed by atoms with Crippen molar-refractivity contribution >= 4 is 28.3 Å². The number of aromatic nitrogens is 2. The van der Waals surface area contributed by atoms with Crippen molar-refractivity contribution < 1.29 is 14.3 Å². The van der Waals surface area contributed by atoms with Gasteiger partial charge in [0.25, 0.3) is 0 Å². The predicted molar refractivity (Wildman–Crippen MR) is 80.6 cm³/mol. The number of nitrogens with one attached hydrogen (secondary N) is 1. The van der Waals surface area contributed by atoms with Crippen LogP contribution in [0.5, 0.6) is 0 Å². The summed E-state index contributed by atoms with van der Waals surface area (Å²) in [5, 5.41) is 5.08. The molecule has 7 heteroatoms. The van der Waals surface area contributed by atoms with Gasteiger partial charge in [-0.05, 0) is 26.8 Å². The molecule has 0 radical (unpaired) electrons. The molecule has 1 amide bonds. The van der Waals surface area contributed by atoms with E-state index in [4.69, 9.17) is 4.74 Å². The Morgan fingerprint density at radius 1 is 1.43 bits per heavy atom. The fourth-order valence-electron chi connectivity index (χ4n) is 2.05. The van der Waals surface area contributed by atoms with Crippen LogP contribution < -0.4 is 5.32 Å². The molecular formula is C14H17N3O3S. The lowest BCUT2D eigenvalue weighted by Crippen LogP contribution is -2.20. The number of thiazole rings is 1. The smallest absolute Gasteiger partial charge is 0.339 e. The van der Waals surface area contributed by atoms with Crippen molar-refractivity contribution in [3.63, 3.8) is 0 Å². The number of rotatable bonds is 5. The lowest BCUT2D eigenvalue weighted by atomic mass is 10.2. The highest BCUT2D eigenvalue weighted by Gasteiger charge is 2.18. The SMILES string of the molecule is CCOC(=O)c1cc(C)n(CC(=O)Nc2nccs2)c1C. The molecule has 0 aliphatic rings. The Hall–Kier alpha value is -2.15. The van der Waals surface area contributed by atoms with Crippen molar-refractivity contribution in [1.82, 2.24) is 9.55 Å². The fraction of sp³-hybridized carbons (Fsp3) is 0.357. The van der Waals surface area contributed by atoms with Crippen LogP contribution in [0.3, 0.4) is 0 Å². The molecule has 0 unspecified atom stereocenters. The van der Waals surface area contributed by atoms with E-state index in [9.17, 15) is 9.59 Å². The summed E-state index contributed by atoms with van der Waals surface area (Å²) >= 11 is 1.36. The molecule has 1 N–H and O–H groups in total. The van der Waals surface area contributed by atoms with Crippen LogP contribution in [0.2, 0.25) is 0 Å². The van der Waals surface area contributed by atoms with Crippen molar-refractivity contribution in [3.8, 4) is 0 Å². The maximum Gasteiger partial charge on any atom is 0.339 e. The molecule has 0 saturated heterocycles. The molecule has 0 saturated carbocycles. The number of hydrogen-bond donors (Lipinski definition) is 1. The molecule has 0 aliphatic carbocycles. The molecule has 21 heavy (non-hydrogen) atoms. The summed E-state index contributed by atoms with van der Waals surface area (Å²) in [5.41, 5.74) is 2.06. The standard InChI is InChI=1S/C14H17N3O3S/c1-4-20-13(19)11-7-9(2)17(10(11)3)8-12(18)16-14-15-5-6-21-14/h5-7H,4,8H2,1-3H3,(H,15,16,18). The highest BCUT2D eigenvalue weighted by Crippen LogP contribution is 2.17. The normalized spacial score (nSPS) is 10.4. The van der Waals surface area contributed by atoms with Gasteiger partial charge in [0.05, 0.1) is 12.2 Å². The fourth-order valence-corrected chi connectivity index (χ4v) is 2.59. The number of esters is 1. The largest absolute Gasteiger partial charge is 0.462 e. The molecule has 6 nitrogen and oxygen atoms in total. The van der Waals surface area contributed by atoms with E-state index >= 15 is 0 Å². The van der Waals surface area contributed by atoms with Crippen molar-refractivity contribution in [3.05, 3.63) is 34.6 Å². The van der Waals surface area contributed by atoms with Gasteiger partial charge in [0, 0.05) is 23.0 Å². The summed E-state index contributed by atoms with van der Waals surface area (Å²) in [6.07, 6.45) is 1.63. The van der Waals surface area contributed by atoms with Gasteiger partial charge in [-0.2, -0.15) is 0 Å². The third-order valence-corrected chi connectivity index (χ3v) is 3.74. The maximum atomic E-state index is 12.0. The third kappa shape index (κ3) is 3.49. The molecule has 2 aromatic heterocycles. The summed E-state index contributed by atoms with van der Waals surface area (Å²) in [7, 11) is 0.